The van der Waals surface area contributed by atoms with E-state index in [1.54, 1.807) is 0 Å². The Morgan fingerprint density at radius 3 is 1.33 bits per heavy atom. The molecule has 0 bridgehead atoms. The average Bonchev–Trinajstić information content (AvgIpc) is 3.53. The van der Waals surface area contributed by atoms with E-state index in [-0.39, 0.29) is 5.41 Å². The lowest BCUT2D eigenvalue weighted by Crippen LogP contribution is -2.19. The zero-order valence-electron chi connectivity index (χ0n) is 27.1. The van der Waals surface area contributed by atoms with E-state index in [1.807, 2.05) is 11.3 Å². The standard InChI is InChI=1S/C45H36N2S/c1-45(2,33-25-29-38(30-26-33)46(35-15-6-3-7-16-35)36-17-8-4-9-18-36)34-27-31-39(32-28-34)47(37-19-10-5-11-20-37)41-22-14-24-43-44(41)40-21-12-13-23-42(40)48-43/h3-32H,1-2H3. The van der Waals surface area contributed by atoms with Crippen LogP contribution in [-0.2, 0) is 5.41 Å². The Hall–Kier alpha value is -5.64. The SMILES string of the molecule is CC(C)(c1ccc(N(c2ccccc2)c2ccccc2)cc1)c1ccc(N(c2ccccc2)c2cccc3sc4ccccc4c23)cc1. The van der Waals surface area contributed by atoms with E-state index in [4.69, 9.17) is 0 Å². The Labute approximate surface area is 286 Å². The first-order chi connectivity index (χ1) is 23.6. The summed E-state index contributed by atoms with van der Waals surface area (Å²) in [6, 6.07) is 65.4. The Morgan fingerprint density at radius 2 is 0.792 bits per heavy atom. The number of benzene rings is 7. The Bertz CT molecular complexity index is 2250. The van der Waals surface area contributed by atoms with Gasteiger partial charge in [0.05, 0.1) is 5.69 Å². The molecule has 0 saturated heterocycles. The van der Waals surface area contributed by atoms with Gasteiger partial charge in [0.15, 0.2) is 0 Å². The predicted molar refractivity (Wildman–Crippen MR) is 207 cm³/mol. The van der Waals surface area contributed by atoms with Crippen LogP contribution >= 0.6 is 11.3 Å². The number of fused-ring (bicyclic) bond motifs is 3. The normalized spacial score (nSPS) is 11.5. The van der Waals surface area contributed by atoms with Gasteiger partial charge in [-0.25, -0.2) is 0 Å². The summed E-state index contributed by atoms with van der Waals surface area (Å²) < 4.78 is 2.61. The van der Waals surface area contributed by atoms with Crippen molar-refractivity contribution in [3.8, 4) is 0 Å². The van der Waals surface area contributed by atoms with Gasteiger partial charge in [0, 0.05) is 54.0 Å². The van der Waals surface area contributed by atoms with E-state index in [2.05, 4.69) is 206 Å². The molecule has 0 fully saturated rings. The molecule has 0 amide bonds. The quantitative estimate of drug-likeness (QED) is 0.164. The van der Waals surface area contributed by atoms with Crippen LogP contribution in [0.5, 0.6) is 0 Å². The van der Waals surface area contributed by atoms with Crippen molar-refractivity contribution in [1.29, 1.82) is 0 Å². The van der Waals surface area contributed by atoms with Crippen molar-refractivity contribution in [2.24, 2.45) is 0 Å². The number of para-hydroxylation sites is 3. The summed E-state index contributed by atoms with van der Waals surface area (Å²) in [7, 11) is 0. The van der Waals surface area contributed by atoms with Gasteiger partial charge in [-0.2, -0.15) is 0 Å². The van der Waals surface area contributed by atoms with Crippen molar-refractivity contribution in [2.45, 2.75) is 19.3 Å². The molecule has 8 rings (SSSR count). The highest BCUT2D eigenvalue weighted by Crippen LogP contribution is 2.45. The first-order valence-electron chi connectivity index (χ1n) is 16.4. The lowest BCUT2D eigenvalue weighted by molar-refractivity contribution is 0.641. The molecule has 2 nitrogen and oxygen atoms in total. The molecule has 0 unspecified atom stereocenters. The molecule has 232 valence electrons. The fourth-order valence-electron chi connectivity index (χ4n) is 6.77. The molecule has 1 aromatic heterocycles. The van der Waals surface area contributed by atoms with Gasteiger partial charge in [-0.3, -0.25) is 0 Å². The average molecular weight is 637 g/mol. The maximum absolute atomic E-state index is 2.40. The van der Waals surface area contributed by atoms with Gasteiger partial charge in [-0.05, 0) is 90.0 Å². The second-order valence-electron chi connectivity index (χ2n) is 12.6. The summed E-state index contributed by atoms with van der Waals surface area (Å²) in [5.41, 5.74) is 9.24. The van der Waals surface area contributed by atoms with E-state index in [0.29, 0.717) is 0 Å². The lowest BCUT2D eigenvalue weighted by atomic mass is 9.78. The summed E-state index contributed by atoms with van der Waals surface area (Å²) in [5.74, 6) is 0. The Kier molecular flexibility index (Phi) is 7.76. The molecule has 0 spiro atoms. The zero-order valence-corrected chi connectivity index (χ0v) is 27.9. The van der Waals surface area contributed by atoms with Gasteiger partial charge in [0.1, 0.15) is 0 Å². The molecule has 0 atom stereocenters. The first kappa shape index (κ1) is 29.7. The summed E-state index contributed by atoms with van der Waals surface area (Å²) in [5, 5.41) is 2.60. The maximum Gasteiger partial charge on any atom is 0.0554 e. The molecule has 0 radical (unpaired) electrons. The van der Waals surface area contributed by atoms with E-state index in [0.717, 1.165) is 28.4 Å². The fourth-order valence-corrected chi connectivity index (χ4v) is 7.90. The van der Waals surface area contributed by atoms with Crippen LogP contribution in [0.15, 0.2) is 182 Å². The number of thiophene rings is 1. The van der Waals surface area contributed by atoms with Gasteiger partial charge in [-0.15, -0.1) is 11.3 Å². The van der Waals surface area contributed by atoms with E-state index < -0.39 is 0 Å². The van der Waals surface area contributed by atoms with E-state index in [1.165, 1.54) is 37.0 Å². The van der Waals surface area contributed by atoms with Crippen LogP contribution in [0.1, 0.15) is 25.0 Å². The van der Waals surface area contributed by atoms with Gasteiger partial charge < -0.3 is 9.80 Å². The van der Waals surface area contributed by atoms with Crippen molar-refractivity contribution in [3.63, 3.8) is 0 Å². The predicted octanol–water partition coefficient (Wildman–Crippen LogP) is 13.3. The molecule has 48 heavy (non-hydrogen) atoms. The fraction of sp³-hybridized carbons (Fsp3) is 0.0667. The van der Waals surface area contributed by atoms with Crippen molar-refractivity contribution >= 4 is 65.6 Å². The molecule has 0 saturated carbocycles. The van der Waals surface area contributed by atoms with Gasteiger partial charge in [0.25, 0.3) is 0 Å². The molecule has 3 heteroatoms. The minimum absolute atomic E-state index is 0.192. The molecule has 1 heterocycles. The highest BCUT2D eigenvalue weighted by molar-refractivity contribution is 7.26. The topological polar surface area (TPSA) is 6.48 Å². The zero-order chi connectivity index (χ0) is 32.5. The molecule has 0 aliphatic heterocycles. The second kappa shape index (κ2) is 12.5. The molecule has 8 aromatic rings. The van der Waals surface area contributed by atoms with Crippen LogP contribution in [0.2, 0.25) is 0 Å². The third-order valence-electron chi connectivity index (χ3n) is 9.36. The number of nitrogens with zero attached hydrogens (tertiary/aromatic N) is 2. The third-order valence-corrected chi connectivity index (χ3v) is 10.5. The highest BCUT2D eigenvalue weighted by Gasteiger charge is 2.25. The van der Waals surface area contributed by atoms with Crippen LogP contribution < -0.4 is 9.80 Å². The van der Waals surface area contributed by atoms with Crippen LogP contribution in [0, 0.1) is 0 Å². The Balaban J connectivity index is 1.15. The summed E-state index contributed by atoms with van der Waals surface area (Å²) in [6.45, 7) is 4.63. The highest BCUT2D eigenvalue weighted by atomic mass is 32.1. The minimum Gasteiger partial charge on any atom is -0.311 e. The van der Waals surface area contributed by atoms with Crippen LogP contribution in [0.4, 0.5) is 34.1 Å². The Morgan fingerprint density at radius 1 is 0.375 bits per heavy atom. The summed E-state index contributed by atoms with van der Waals surface area (Å²) in [4.78, 5) is 4.70. The molecular weight excluding hydrogens is 601 g/mol. The van der Waals surface area contributed by atoms with E-state index in [9.17, 15) is 0 Å². The molecule has 0 aliphatic rings. The smallest absolute Gasteiger partial charge is 0.0554 e. The third kappa shape index (κ3) is 5.42. The van der Waals surface area contributed by atoms with Gasteiger partial charge >= 0.3 is 0 Å². The summed E-state index contributed by atoms with van der Waals surface area (Å²) in [6.07, 6.45) is 0. The monoisotopic (exact) mass is 636 g/mol. The minimum atomic E-state index is -0.192. The number of hydrogen-bond donors (Lipinski definition) is 0. The molecule has 0 aliphatic carbocycles. The van der Waals surface area contributed by atoms with Gasteiger partial charge in [-0.1, -0.05) is 117 Å². The van der Waals surface area contributed by atoms with Crippen molar-refractivity contribution in [2.75, 3.05) is 9.80 Å². The van der Waals surface area contributed by atoms with Gasteiger partial charge in [0.2, 0.25) is 0 Å². The second-order valence-corrected chi connectivity index (χ2v) is 13.7. The number of hydrogen-bond acceptors (Lipinski definition) is 3. The summed E-state index contributed by atoms with van der Waals surface area (Å²) >= 11 is 1.86. The number of anilines is 6. The first-order valence-corrected chi connectivity index (χ1v) is 17.3. The molecule has 0 N–H and O–H groups in total. The maximum atomic E-state index is 2.40. The van der Waals surface area contributed by atoms with E-state index >= 15 is 0 Å². The van der Waals surface area contributed by atoms with Crippen LogP contribution in [-0.4, -0.2) is 0 Å². The van der Waals surface area contributed by atoms with Crippen molar-refractivity contribution in [1.82, 2.24) is 0 Å². The molecular formula is C45H36N2S. The largest absolute Gasteiger partial charge is 0.311 e. The molecule has 7 aromatic carbocycles. The van der Waals surface area contributed by atoms with Crippen molar-refractivity contribution in [3.05, 3.63) is 193 Å². The van der Waals surface area contributed by atoms with Crippen LogP contribution in [0.3, 0.4) is 0 Å². The van der Waals surface area contributed by atoms with Crippen LogP contribution in [0.25, 0.3) is 20.2 Å². The lowest BCUT2D eigenvalue weighted by Gasteiger charge is -2.30. The number of rotatable bonds is 8. The van der Waals surface area contributed by atoms with Crippen molar-refractivity contribution < 1.29 is 0 Å².